The van der Waals surface area contributed by atoms with Crippen LogP contribution in [0.1, 0.15) is 49.3 Å². The molecule has 0 aromatic heterocycles. The lowest BCUT2D eigenvalue weighted by Gasteiger charge is -2.32. The fourth-order valence-corrected chi connectivity index (χ4v) is 6.32. The maximum Gasteiger partial charge on any atom is 0.264 e. The number of sulfonamides is 1. The van der Waals surface area contributed by atoms with Crippen LogP contribution in [0.15, 0.2) is 77.7 Å². The molecule has 9 heteroatoms. The largest absolute Gasteiger partial charge is 0.352 e. The van der Waals surface area contributed by atoms with E-state index in [-0.39, 0.29) is 23.4 Å². The molecule has 0 heterocycles. The molecule has 0 unspecified atom stereocenters. The van der Waals surface area contributed by atoms with Crippen molar-refractivity contribution in [1.29, 1.82) is 0 Å². The Balaban J connectivity index is 1.69. The first kappa shape index (κ1) is 29.3. The Bertz CT molecular complexity index is 1440. The Labute approximate surface area is 236 Å². The molecule has 0 bridgehead atoms. The minimum Gasteiger partial charge on any atom is -0.352 e. The van der Waals surface area contributed by atoms with Crippen LogP contribution in [-0.2, 0) is 26.2 Å². The smallest absolute Gasteiger partial charge is 0.264 e. The topological polar surface area (TPSA) is 86.8 Å². The lowest BCUT2D eigenvalue weighted by atomic mass is 10.1. The van der Waals surface area contributed by atoms with E-state index in [0.717, 1.165) is 41.1 Å². The quantitative estimate of drug-likeness (QED) is 0.370. The van der Waals surface area contributed by atoms with Crippen molar-refractivity contribution < 1.29 is 22.4 Å². The van der Waals surface area contributed by atoms with Crippen molar-refractivity contribution in [2.75, 3.05) is 10.8 Å². The molecule has 0 radical (unpaired) electrons. The fraction of sp³-hybridized carbons (Fsp3) is 0.355. The molecule has 0 spiro atoms. The number of carbonyl (C=O) groups is 2. The van der Waals surface area contributed by atoms with Gasteiger partial charge in [-0.3, -0.25) is 13.9 Å². The monoisotopic (exact) mass is 565 g/mol. The third-order valence-electron chi connectivity index (χ3n) is 7.52. The van der Waals surface area contributed by atoms with Crippen molar-refractivity contribution in [3.05, 3.63) is 95.3 Å². The minimum atomic E-state index is -4.12. The summed E-state index contributed by atoms with van der Waals surface area (Å²) in [6.07, 6.45) is 3.86. The van der Waals surface area contributed by atoms with E-state index in [2.05, 4.69) is 5.32 Å². The number of amides is 2. The van der Waals surface area contributed by atoms with Crippen molar-refractivity contribution in [3.8, 4) is 0 Å². The minimum absolute atomic E-state index is 0.0184. The normalized spacial score (nSPS) is 14.5. The van der Waals surface area contributed by atoms with Gasteiger partial charge in [0.25, 0.3) is 10.0 Å². The zero-order valence-electron chi connectivity index (χ0n) is 23.1. The summed E-state index contributed by atoms with van der Waals surface area (Å²) in [6, 6.07) is 18.1. The molecular weight excluding hydrogens is 529 g/mol. The number of rotatable bonds is 10. The van der Waals surface area contributed by atoms with Gasteiger partial charge in [-0.15, -0.1) is 0 Å². The number of aryl methyl sites for hydroxylation is 2. The van der Waals surface area contributed by atoms with Crippen LogP contribution in [0.4, 0.5) is 10.1 Å². The summed E-state index contributed by atoms with van der Waals surface area (Å²) in [7, 11) is -4.12. The van der Waals surface area contributed by atoms with E-state index in [4.69, 9.17) is 0 Å². The van der Waals surface area contributed by atoms with Gasteiger partial charge in [-0.25, -0.2) is 12.8 Å². The van der Waals surface area contributed by atoms with Gasteiger partial charge in [0.2, 0.25) is 11.8 Å². The van der Waals surface area contributed by atoms with Gasteiger partial charge in [0.1, 0.15) is 18.4 Å². The highest BCUT2D eigenvalue weighted by Crippen LogP contribution is 2.27. The number of halogens is 1. The molecule has 1 N–H and O–H groups in total. The zero-order chi connectivity index (χ0) is 28.9. The molecule has 7 nitrogen and oxygen atoms in total. The maximum absolute atomic E-state index is 14.0. The predicted octanol–water partition coefficient (Wildman–Crippen LogP) is 5.11. The van der Waals surface area contributed by atoms with Crippen molar-refractivity contribution in [3.63, 3.8) is 0 Å². The summed E-state index contributed by atoms with van der Waals surface area (Å²) in [4.78, 5) is 28.6. The first-order valence-corrected chi connectivity index (χ1v) is 15.0. The van der Waals surface area contributed by atoms with Gasteiger partial charge in [0.05, 0.1) is 10.6 Å². The number of anilines is 1. The van der Waals surface area contributed by atoms with E-state index in [1.165, 1.54) is 29.2 Å². The molecule has 0 aliphatic heterocycles. The number of nitrogens with zero attached hydrogens (tertiary/aromatic N) is 2. The van der Waals surface area contributed by atoms with Gasteiger partial charge in [-0.1, -0.05) is 49.2 Å². The molecule has 0 saturated heterocycles. The molecule has 1 fully saturated rings. The first-order valence-electron chi connectivity index (χ1n) is 13.6. The van der Waals surface area contributed by atoms with Gasteiger partial charge in [-0.2, -0.15) is 0 Å². The van der Waals surface area contributed by atoms with Crippen LogP contribution >= 0.6 is 0 Å². The number of carbonyl (C=O) groups excluding carboxylic acids is 2. The standard InChI is InChI=1S/C31H36FN3O4S/c1-22-13-18-28(19-23(22)2)35(40(38,39)29-11-5-4-6-12-29)21-30(36)34(20-25-14-16-26(32)17-15-25)24(3)31(37)33-27-9-7-8-10-27/h4-6,11-19,24,27H,7-10,20-21H2,1-3H3,(H,33,37)/t24-/m0/s1. The summed E-state index contributed by atoms with van der Waals surface area (Å²) >= 11 is 0. The van der Waals surface area contributed by atoms with Crippen LogP contribution < -0.4 is 9.62 Å². The van der Waals surface area contributed by atoms with Gasteiger partial charge in [-0.05, 0) is 86.7 Å². The third-order valence-corrected chi connectivity index (χ3v) is 9.31. The summed E-state index contributed by atoms with van der Waals surface area (Å²) in [5.74, 6) is -1.26. The molecule has 3 aromatic carbocycles. The first-order chi connectivity index (χ1) is 19.1. The van der Waals surface area contributed by atoms with E-state index >= 15 is 0 Å². The van der Waals surface area contributed by atoms with E-state index in [1.807, 2.05) is 19.9 Å². The summed E-state index contributed by atoms with van der Waals surface area (Å²) < 4.78 is 42.4. The Morgan fingerprint density at radius 3 is 2.23 bits per heavy atom. The molecule has 3 aromatic rings. The molecule has 4 rings (SSSR count). The highest BCUT2D eigenvalue weighted by atomic mass is 32.2. The number of hydrogen-bond donors (Lipinski definition) is 1. The van der Waals surface area contributed by atoms with E-state index in [9.17, 15) is 22.4 Å². The van der Waals surface area contributed by atoms with E-state index in [0.29, 0.717) is 11.3 Å². The average Bonchev–Trinajstić information content (AvgIpc) is 3.46. The van der Waals surface area contributed by atoms with Crippen LogP contribution in [0.5, 0.6) is 0 Å². The molecular formula is C31H36FN3O4S. The van der Waals surface area contributed by atoms with Crippen LogP contribution in [0, 0.1) is 19.7 Å². The summed E-state index contributed by atoms with van der Waals surface area (Å²) in [5, 5.41) is 3.04. The maximum atomic E-state index is 14.0. The number of benzene rings is 3. The molecule has 1 aliphatic carbocycles. The van der Waals surface area contributed by atoms with E-state index in [1.54, 1.807) is 49.4 Å². The second-order valence-electron chi connectivity index (χ2n) is 10.4. The van der Waals surface area contributed by atoms with Crippen LogP contribution in [0.25, 0.3) is 0 Å². The Morgan fingerprint density at radius 1 is 0.950 bits per heavy atom. The molecule has 1 saturated carbocycles. The second-order valence-corrected chi connectivity index (χ2v) is 12.3. The summed E-state index contributed by atoms with van der Waals surface area (Å²) in [6.45, 7) is 4.95. The summed E-state index contributed by atoms with van der Waals surface area (Å²) in [5.41, 5.74) is 2.84. The van der Waals surface area contributed by atoms with Gasteiger partial charge < -0.3 is 10.2 Å². The molecule has 1 aliphatic rings. The zero-order valence-corrected chi connectivity index (χ0v) is 24.0. The third kappa shape index (κ3) is 6.88. The van der Waals surface area contributed by atoms with Crippen LogP contribution in [-0.4, -0.2) is 43.8 Å². The molecule has 212 valence electrons. The predicted molar refractivity (Wildman–Crippen MR) is 154 cm³/mol. The Hall–Kier alpha value is -3.72. The molecule has 2 amide bonds. The highest BCUT2D eigenvalue weighted by Gasteiger charge is 2.33. The van der Waals surface area contributed by atoms with Crippen molar-refractivity contribution in [1.82, 2.24) is 10.2 Å². The Morgan fingerprint density at radius 2 is 1.60 bits per heavy atom. The number of nitrogens with one attached hydrogen (secondary N) is 1. The number of hydrogen-bond acceptors (Lipinski definition) is 4. The highest BCUT2D eigenvalue weighted by molar-refractivity contribution is 7.92. The van der Waals surface area contributed by atoms with Gasteiger partial charge >= 0.3 is 0 Å². The van der Waals surface area contributed by atoms with Crippen LogP contribution in [0.2, 0.25) is 0 Å². The van der Waals surface area contributed by atoms with Crippen LogP contribution in [0.3, 0.4) is 0 Å². The van der Waals surface area contributed by atoms with E-state index < -0.39 is 34.3 Å². The fourth-order valence-electron chi connectivity index (χ4n) is 4.89. The lowest BCUT2D eigenvalue weighted by Crippen LogP contribution is -2.52. The van der Waals surface area contributed by atoms with Crippen molar-refractivity contribution in [2.45, 2.75) is 70.0 Å². The van der Waals surface area contributed by atoms with Gasteiger partial charge in [0, 0.05) is 12.6 Å². The Kier molecular flexibility index (Phi) is 9.25. The SMILES string of the molecule is Cc1ccc(N(CC(=O)N(Cc2ccc(F)cc2)[C@@H](C)C(=O)NC2CCCC2)S(=O)(=O)c2ccccc2)cc1C. The van der Waals surface area contributed by atoms with Gasteiger partial charge in [0.15, 0.2) is 0 Å². The van der Waals surface area contributed by atoms with Crippen molar-refractivity contribution >= 4 is 27.5 Å². The second kappa shape index (κ2) is 12.6. The lowest BCUT2D eigenvalue weighted by molar-refractivity contribution is -0.139. The molecule has 40 heavy (non-hydrogen) atoms. The molecule has 1 atom stereocenters. The van der Waals surface area contributed by atoms with Crippen molar-refractivity contribution in [2.24, 2.45) is 0 Å². The average molecular weight is 566 g/mol.